The van der Waals surface area contributed by atoms with Crippen molar-refractivity contribution < 1.29 is 0 Å². The molecule has 1 heteroatoms. The van der Waals surface area contributed by atoms with Crippen molar-refractivity contribution in [2.45, 2.75) is 24.0 Å². The second-order valence-corrected chi connectivity index (χ2v) is 8.20. The van der Waals surface area contributed by atoms with Crippen LogP contribution in [0.3, 0.4) is 0 Å². The van der Waals surface area contributed by atoms with E-state index in [2.05, 4.69) is 104 Å². The lowest BCUT2D eigenvalue weighted by Crippen LogP contribution is -2.28. The quantitative estimate of drug-likeness (QED) is 0.507. The van der Waals surface area contributed by atoms with Gasteiger partial charge in [0.1, 0.15) is 0 Å². The van der Waals surface area contributed by atoms with Gasteiger partial charge in [-0.2, -0.15) is 0 Å². The predicted molar refractivity (Wildman–Crippen MR) is 109 cm³/mol. The highest BCUT2D eigenvalue weighted by molar-refractivity contribution is 8.04. The lowest BCUT2D eigenvalue weighted by molar-refractivity contribution is 0.604. The maximum absolute atomic E-state index is 2.43. The summed E-state index contributed by atoms with van der Waals surface area (Å²) < 4.78 is -0.0398. The van der Waals surface area contributed by atoms with Crippen molar-refractivity contribution in [3.05, 3.63) is 119 Å². The summed E-state index contributed by atoms with van der Waals surface area (Å²) >= 11 is 2.00. The maximum atomic E-state index is 2.43. The van der Waals surface area contributed by atoms with Crippen LogP contribution in [-0.4, -0.2) is 0 Å². The molecule has 0 bridgehead atoms. The van der Waals surface area contributed by atoms with E-state index in [9.17, 15) is 0 Å². The number of thioether (sulfide) groups is 1. The molecule has 1 aliphatic heterocycles. The van der Waals surface area contributed by atoms with Crippen molar-refractivity contribution in [2.75, 3.05) is 0 Å². The highest BCUT2D eigenvalue weighted by Gasteiger charge is 2.40. The molecule has 1 unspecified atom stereocenters. The van der Waals surface area contributed by atoms with Crippen LogP contribution in [0.2, 0.25) is 0 Å². The largest absolute Gasteiger partial charge is 0.115 e. The van der Waals surface area contributed by atoms with Crippen LogP contribution in [0.15, 0.2) is 102 Å². The Bertz CT molecular complexity index is 811. The van der Waals surface area contributed by atoms with E-state index in [4.69, 9.17) is 0 Å². The summed E-state index contributed by atoms with van der Waals surface area (Å²) in [6.45, 7) is 2.25. The molecule has 25 heavy (non-hydrogen) atoms. The molecule has 0 saturated carbocycles. The van der Waals surface area contributed by atoms with Crippen LogP contribution in [0.5, 0.6) is 0 Å². The van der Waals surface area contributed by atoms with Crippen LogP contribution < -0.4 is 0 Å². The van der Waals surface area contributed by atoms with Gasteiger partial charge in [0, 0.05) is 5.92 Å². The van der Waals surface area contributed by atoms with E-state index in [0.717, 1.165) is 6.42 Å². The maximum Gasteiger partial charge on any atom is 0.0709 e. The van der Waals surface area contributed by atoms with E-state index in [1.54, 1.807) is 0 Å². The zero-order chi connectivity index (χ0) is 17.1. The van der Waals surface area contributed by atoms with Gasteiger partial charge < -0.3 is 0 Å². The first kappa shape index (κ1) is 16.2. The van der Waals surface area contributed by atoms with E-state index in [0.29, 0.717) is 5.92 Å². The number of hydrogen-bond donors (Lipinski definition) is 0. The Balaban J connectivity index is 1.86. The van der Waals surface area contributed by atoms with Gasteiger partial charge in [-0.05, 0) is 34.9 Å². The molecular formula is C24H22S. The van der Waals surface area contributed by atoms with Crippen molar-refractivity contribution in [1.29, 1.82) is 0 Å². The zero-order valence-corrected chi connectivity index (χ0v) is 15.2. The van der Waals surface area contributed by atoms with Gasteiger partial charge in [0.25, 0.3) is 0 Å². The summed E-state index contributed by atoms with van der Waals surface area (Å²) in [6.07, 6.45) is 3.51. The van der Waals surface area contributed by atoms with E-state index >= 15 is 0 Å². The predicted octanol–water partition coefficient (Wildman–Crippen LogP) is 6.75. The third-order valence-corrected chi connectivity index (χ3v) is 6.43. The van der Waals surface area contributed by atoms with E-state index in [1.807, 2.05) is 11.8 Å². The van der Waals surface area contributed by atoms with E-state index in [1.165, 1.54) is 21.6 Å². The van der Waals surface area contributed by atoms with Crippen LogP contribution in [0, 0.1) is 0 Å². The topological polar surface area (TPSA) is 0 Å². The Morgan fingerprint density at radius 2 is 1.20 bits per heavy atom. The molecule has 0 radical (unpaired) electrons. The lowest BCUT2D eigenvalue weighted by atomic mass is 9.79. The first-order chi connectivity index (χ1) is 12.3. The Morgan fingerprint density at radius 3 is 1.72 bits per heavy atom. The summed E-state index contributed by atoms with van der Waals surface area (Å²) in [4.78, 5) is 1.40. The average Bonchev–Trinajstić information content (AvgIpc) is 2.69. The lowest BCUT2D eigenvalue weighted by Gasteiger charge is -2.40. The minimum atomic E-state index is -0.0398. The van der Waals surface area contributed by atoms with Gasteiger partial charge in [-0.25, -0.2) is 0 Å². The van der Waals surface area contributed by atoms with Gasteiger partial charge in [0.2, 0.25) is 0 Å². The molecule has 1 heterocycles. The standard InChI is InChI=1S/C24H22S/c1-19-17-21(20-11-5-2-6-12-20)18-24(25-19,22-13-7-3-8-14-22)23-15-9-4-10-16-23/h2-17,21H,18H2,1H3. The Morgan fingerprint density at radius 1 is 0.720 bits per heavy atom. The molecule has 1 aliphatic rings. The number of hydrogen-bond acceptors (Lipinski definition) is 1. The molecule has 0 saturated heterocycles. The SMILES string of the molecule is CC1=CC(c2ccccc2)CC(c2ccccc2)(c2ccccc2)S1. The first-order valence-corrected chi connectivity index (χ1v) is 9.63. The monoisotopic (exact) mass is 342 g/mol. The van der Waals surface area contributed by atoms with Crippen LogP contribution in [0.25, 0.3) is 0 Å². The highest BCUT2D eigenvalue weighted by Crippen LogP contribution is 2.55. The van der Waals surface area contributed by atoms with Crippen molar-refractivity contribution in [3.8, 4) is 0 Å². The molecule has 0 spiro atoms. The van der Waals surface area contributed by atoms with Crippen molar-refractivity contribution >= 4 is 11.8 Å². The molecule has 0 aliphatic carbocycles. The second-order valence-electron chi connectivity index (χ2n) is 6.66. The third kappa shape index (κ3) is 3.17. The molecule has 0 amide bonds. The van der Waals surface area contributed by atoms with Gasteiger partial charge in [-0.15, -0.1) is 11.8 Å². The molecule has 4 rings (SSSR count). The van der Waals surface area contributed by atoms with Crippen molar-refractivity contribution in [1.82, 2.24) is 0 Å². The average molecular weight is 343 g/mol. The van der Waals surface area contributed by atoms with Crippen LogP contribution in [0.1, 0.15) is 36.0 Å². The fraction of sp³-hybridized carbons (Fsp3) is 0.167. The van der Waals surface area contributed by atoms with Gasteiger partial charge in [0.15, 0.2) is 0 Å². The molecule has 1 atom stereocenters. The Hall–Kier alpha value is -2.25. The normalized spacial score (nSPS) is 19.2. The van der Waals surface area contributed by atoms with Gasteiger partial charge in [0.05, 0.1) is 4.75 Å². The third-order valence-electron chi connectivity index (χ3n) is 4.99. The first-order valence-electron chi connectivity index (χ1n) is 8.81. The van der Waals surface area contributed by atoms with Crippen LogP contribution in [0.4, 0.5) is 0 Å². The number of rotatable bonds is 3. The smallest absolute Gasteiger partial charge is 0.0709 e. The molecular weight excluding hydrogens is 320 g/mol. The fourth-order valence-corrected chi connectivity index (χ4v) is 5.40. The Labute approximate surface area is 154 Å². The van der Waals surface area contributed by atoms with Gasteiger partial charge in [-0.1, -0.05) is 97.1 Å². The molecule has 0 aromatic heterocycles. The van der Waals surface area contributed by atoms with Crippen molar-refractivity contribution in [3.63, 3.8) is 0 Å². The molecule has 124 valence electrons. The van der Waals surface area contributed by atoms with Gasteiger partial charge in [-0.3, -0.25) is 0 Å². The molecule has 0 fully saturated rings. The molecule has 0 nitrogen and oxygen atoms in total. The molecule has 3 aromatic carbocycles. The second kappa shape index (κ2) is 6.93. The zero-order valence-electron chi connectivity index (χ0n) is 14.4. The van der Waals surface area contributed by atoms with Crippen LogP contribution in [-0.2, 0) is 4.75 Å². The Kier molecular flexibility index (Phi) is 4.50. The molecule has 0 N–H and O–H groups in total. The van der Waals surface area contributed by atoms with E-state index < -0.39 is 0 Å². The summed E-state index contributed by atoms with van der Waals surface area (Å²) in [5.41, 5.74) is 4.18. The minimum absolute atomic E-state index is 0.0398. The summed E-state index contributed by atoms with van der Waals surface area (Å²) in [5, 5.41) is 0. The summed E-state index contributed by atoms with van der Waals surface area (Å²) in [6, 6.07) is 32.9. The fourth-order valence-electron chi connectivity index (χ4n) is 3.85. The summed E-state index contributed by atoms with van der Waals surface area (Å²) in [7, 11) is 0. The molecule has 3 aromatic rings. The summed E-state index contributed by atoms with van der Waals surface area (Å²) in [5.74, 6) is 0.433. The number of allylic oxidation sites excluding steroid dienone is 2. The van der Waals surface area contributed by atoms with Crippen LogP contribution >= 0.6 is 11.8 Å². The van der Waals surface area contributed by atoms with Gasteiger partial charge >= 0.3 is 0 Å². The minimum Gasteiger partial charge on any atom is -0.115 e. The number of benzene rings is 3. The highest BCUT2D eigenvalue weighted by atomic mass is 32.2. The van der Waals surface area contributed by atoms with Crippen molar-refractivity contribution in [2.24, 2.45) is 0 Å². The van der Waals surface area contributed by atoms with E-state index in [-0.39, 0.29) is 4.75 Å².